The Balaban J connectivity index is 1.57. The fourth-order valence-electron chi connectivity index (χ4n) is 3.89. The van der Waals surface area contributed by atoms with Gasteiger partial charge in [0.15, 0.2) is 0 Å². The van der Waals surface area contributed by atoms with E-state index < -0.39 is 0 Å². The van der Waals surface area contributed by atoms with Crippen LogP contribution in [-0.2, 0) is 4.79 Å². The molecule has 0 aliphatic carbocycles. The van der Waals surface area contributed by atoms with Crippen molar-refractivity contribution in [1.29, 1.82) is 0 Å². The molecule has 0 radical (unpaired) electrons. The van der Waals surface area contributed by atoms with Gasteiger partial charge in [0, 0.05) is 22.2 Å². The van der Waals surface area contributed by atoms with Crippen molar-refractivity contribution in [1.82, 2.24) is 9.78 Å². The van der Waals surface area contributed by atoms with Crippen molar-refractivity contribution >= 4 is 35.1 Å². The molecule has 168 valence electrons. The van der Waals surface area contributed by atoms with Crippen LogP contribution in [0.1, 0.15) is 19.4 Å². The molecule has 2 heterocycles. The fraction of sp³-hybridized carbons (Fsp3) is 0.107. The lowest BCUT2D eigenvalue weighted by Crippen LogP contribution is -2.21. The van der Waals surface area contributed by atoms with Gasteiger partial charge in [0.2, 0.25) is 0 Å². The van der Waals surface area contributed by atoms with E-state index in [1.165, 1.54) is 9.90 Å². The van der Waals surface area contributed by atoms with E-state index in [2.05, 4.69) is 36.3 Å². The second-order valence-electron chi connectivity index (χ2n) is 7.87. The molecule has 0 N–H and O–H groups in total. The van der Waals surface area contributed by atoms with E-state index in [0.717, 1.165) is 33.9 Å². The molecule has 1 aliphatic rings. The number of nitrogens with zero attached hydrogens (tertiary/aromatic N) is 4. The molecule has 3 aromatic carbocycles. The number of para-hydroxylation sites is 2. The average molecular weight is 465 g/mol. The van der Waals surface area contributed by atoms with Gasteiger partial charge in [0.05, 0.1) is 28.4 Å². The molecule has 0 atom stereocenters. The van der Waals surface area contributed by atoms with Crippen LogP contribution in [0.5, 0.6) is 0 Å². The monoisotopic (exact) mass is 464 g/mol. The number of carbonyl (C=O) groups is 1. The van der Waals surface area contributed by atoms with E-state index >= 15 is 0 Å². The first kappa shape index (κ1) is 21.9. The van der Waals surface area contributed by atoms with E-state index in [0.29, 0.717) is 11.3 Å². The molecule has 0 spiro atoms. The highest BCUT2D eigenvalue weighted by molar-refractivity contribution is 7.99. The molecule has 5 rings (SSSR count). The van der Waals surface area contributed by atoms with Crippen LogP contribution in [0, 0.1) is 0 Å². The third kappa shape index (κ3) is 4.32. The maximum Gasteiger partial charge on any atom is 0.280 e. The largest absolute Gasteiger partial charge is 0.280 e. The Hall–Kier alpha value is -3.90. The highest BCUT2D eigenvalue weighted by atomic mass is 32.2. The van der Waals surface area contributed by atoms with Crippen molar-refractivity contribution in [3.63, 3.8) is 0 Å². The van der Waals surface area contributed by atoms with E-state index in [-0.39, 0.29) is 5.91 Å². The Morgan fingerprint density at radius 2 is 1.53 bits per heavy atom. The third-order valence-corrected chi connectivity index (χ3v) is 6.46. The molecule has 1 aliphatic heterocycles. The number of thioether (sulfide) groups is 1. The van der Waals surface area contributed by atoms with Crippen LogP contribution in [0.15, 0.2) is 107 Å². The standard InChI is InChI=1S/C28H24N4OS/c1-3-34-25-16-14-21(15-17-25)27-22(19-31(30-27)23-10-6-4-7-11-23)18-26-20(2)29-32(28(26)33)24-12-8-5-9-13-24/h4-19H,3H2,1-2H3/b26-18-. The van der Waals surface area contributed by atoms with E-state index in [4.69, 9.17) is 5.10 Å². The van der Waals surface area contributed by atoms with Crippen molar-refractivity contribution in [2.24, 2.45) is 5.10 Å². The van der Waals surface area contributed by atoms with Gasteiger partial charge in [-0.25, -0.2) is 4.68 Å². The van der Waals surface area contributed by atoms with Gasteiger partial charge >= 0.3 is 0 Å². The number of aromatic nitrogens is 2. The summed E-state index contributed by atoms with van der Waals surface area (Å²) < 4.78 is 1.86. The predicted molar refractivity (Wildman–Crippen MR) is 140 cm³/mol. The van der Waals surface area contributed by atoms with Crippen LogP contribution < -0.4 is 5.01 Å². The van der Waals surface area contributed by atoms with Gasteiger partial charge in [0.1, 0.15) is 0 Å². The molecule has 34 heavy (non-hydrogen) atoms. The van der Waals surface area contributed by atoms with Crippen molar-refractivity contribution in [2.45, 2.75) is 18.7 Å². The summed E-state index contributed by atoms with van der Waals surface area (Å²) >= 11 is 1.81. The van der Waals surface area contributed by atoms with Crippen molar-refractivity contribution in [3.8, 4) is 16.9 Å². The first-order valence-electron chi connectivity index (χ1n) is 11.2. The summed E-state index contributed by atoms with van der Waals surface area (Å²) in [5.41, 5.74) is 5.65. The summed E-state index contributed by atoms with van der Waals surface area (Å²) in [4.78, 5) is 14.5. The first-order chi connectivity index (χ1) is 16.6. The zero-order valence-electron chi connectivity index (χ0n) is 19.1. The van der Waals surface area contributed by atoms with E-state index in [9.17, 15) is 4.79 Å². The van der Waals surface area contributed by atoms with E-state index in [1.807, 2.05) is 84.5 Å². The number of amides is 1. The number of hydrazone groups is 1. The maximum absolute atomic E-state index is 13.3. The first-order valence-corrected chi connectivity index (χ1v) is 12.2. The Kier molecular flexibility index (Phi) is 6.14. The molecule has 0 unspecified atom stereocenters. The molecule has 1 aromatic heterocycles. The number of anilines is 1. The summed E-state index contributed by atoms with van der Waals surface area (Å²) in [7, 11) is 0. The van der Waals surface area contributed by atoms with Crippen LogP contribution in [0.25, 0.3) is 23.0 Å². The lowest BCUT2D eigenvalue weighted by molar-refractivity contribution is -0.114. The van der Waals surface area contributed by atoms with Gasteiger partial charge < -0.3 is 0 Å². The van der Waals surface area contributed by atoms with E-state index in [1.54, 1.807) is 11.8 Å². The van der Waals surface area contributed by atoms with Gasteiger partial charge in [-0.15, -0.1) is 11.8 Å². The average Bonchev–Trinajstić information content (AvgIpc) is 3.42. The third-order valence-electron chi connectivity index (χ3n) is 5.57. The van der Waals surface area contributed by atoms with Crippen LogP contribution >= 0.6 is 11.8 Å². The lowest BCUT2D eigenvalue weighted by Gasteiger charge is -2.11. The molecule has 1 amide bonds. The van der Waals surface area contributed by atoms with Crippen molar-refractivity contribution in [2.75, 3.05) is 10.8 Å². The normalized spacial score (nSPS) is 14.6. The number of rotatable bonds is 6. The van der Waals surface area contributed by atoms with Gasteiger partial charge in [-0.2, -0.15) is 15.2 Å². The highest BCUT2D eigenvalue weighted by Gasteiger charge is 2.29. The molecule has 0 saturated carbocycles. The van der Waals surface area contributed by atoms with Crippen LogP contribution in [0.4, 0.5) is 5.69 Å². The molecular weight excluding hydrogens is 440 g/mol. The molecule has 4 aromatic rings. The SMILES string of the molecule is CCSc1ccc(-c2nn(-c3ccccc3)cc2/C=C2\C(=O)N(c3ccccc3)N=C2C)cc1. The maximum atomic E-state index is 13.3. The van der Waals surface area contributed by atoms with Gasteiger partial charge in [-0.3, -0.25) is 4.79 Å². The highest BCUT2D eigenvalue weighted by Crippen LogP contribution is 2.30. The molecule has 0 bridgehead atoms. The smallest absolute Gasteiger partial charge is 0.267 e. The number of carbonyl (C=O) groups excluding carboxylic acids is 1. The molecule has 6 heteroatoms. The van der Waals surface area contributed by atoms with Crippen LogP contribution in [0.3, 0.4) is 0 Å². The number of hydrogen-bond acceptors (Lipinski definition) is 4. The molecule has 0 saturated heterocycles. The van der Waals surface area contributed by atoms with Crippen molar-refractivity contribution < 1.29 is 4.79 Å². The Labute approximate surface area is 203 Å². The second-order valence-corrected chi connectivity index (χ2v) is 9.20. The topological polar surface area (TPSA) is 50.5 Å². The zero-order chi connectivity index (χ0) is 23.5. The summed E-state index contributed by atoms with van der Waals surface area (Å²) in [6, 6.07) is 27.9. The van der Waals surface area contributed by atoms with Crippen LogP contribution in [-0.4, -0.2) is 27.2 Å². The van der Waals surface area contributed by atoms with Crippen molar-refractivity contribution in [3.05, 3.63) is 102 Å². The lowest BCUT2D eigenvalue weighted by atomic mass is 10.0. The zero-order valence-corrected chi connectivity index (χ0v) is 19.9. The Morgan fingerprint density at radius 1 is 0.882 bits per heavy atom. The summed E-state index contributed by atoms with van der Waals surface area (Å²) in [5.74, 6) is 0.884. The van der Waals surface area contributed by atoms with Crippen LogP contribution in [0.2, 0.25) is 0 Å². The van der Waals surface area contributed by atoms with Gasteiger partial charge in [0.25, 0.3) is 5.91 Å². The molecule has 0 fully saturated rings. The minimum atomic E-state index is -0.142. The number of benzene rings is 3. The van der Waals surface area contributed by atoms with Gasteiger partial charge in [-0.05, 0) is 55.2 Å². The Bertz CT molecular complexity index is 1370. The summed E-state index contributed by atoms with van der Waals surface area (Å²) in [6.07, 6.45) is 3.87. The molecule has 5 nitrogen and oxygen atoms in total. The molecular formula is C28H24N4OS. The number of hydrogen-bond donors (Lipinski definition) is 0. The fourth-order valence-corrected chi connectivity index (χ4v) is 4.55. The van der Waals surface area contributed by atoms with Gasteiger partial charge in [-0.1, -0.05) is 55.5 Å². The minimum Gasteiger partial charge on any atom is -0.267 e. The second kappa shape index (κ2) is 9.53. The summed E-state index contributed by atoms with van der Waals surface area (Å²) in [6.45, 7) is 4.01. The predicted octanol–water partition coefficient (Wildman–Crippen LogP) is 6.46. The quantitative estimate of drug-likeness (QED) is 0.243. The Morgan fingerprint density at radius 3 is 2.18 bits per heavy atom. The summed E-state index contributed by atoms with van der Waals surface area (Å²) in [5, 5.41) is 10.9. The minimum absolute atomic E-state index is 0.142.